The van der Waals surface area contributed by atoms with E-state index in [-0.39, 0.29) is 5.92 Å². The Morgan fingerprint density at radius 3 is 3.11 bits per heavy atom. The zero-order chi connectivity index (χ0) is 18.4. The van der Waals surface area contributed by atoms with Crippen molar-refractivity contribution in [3.63, 3.8) is 0 Å². The van der Waals surface area contributed by atoms with Crippen molar-refractivity contribution in [3.05, 3.63) is 47.7 Å². The van der Waals surface area contributed by atoms with Crippen LogP contribution in [0.1, 0.15) is 43.5 Å². The Kier molecular flexibility index (Phi) is 3.81. The number of nitrogens with one attached hydrogen (secondary N) is 1. The molecular weight excluding hydrogens is 340 g/mol. The third kappa shape index (κ3) is 2.83. The van der Waals surface area contributed by atoms with Gasteiger partial charge in [0.25, 0.3) is 0 Å². The fourth-order valence-corrected chi connectivity index (χ4v) is 3.93. The lowest BCUT2D eigenvalue weighted by Gasteiger charge is -2.19. The Balaban J connectivity index is 1.44. The van der Waals surface area contributed by atoms with Crippen LogP contribution in [0.25, 0.3) is 22.3 Å². The Bertz CT molecular complexity index is 1090. The number of hydrogen-bond acceptors (Lipinski definition) is 5. The van der Waals surface area contributed by atoms with Crippen molar-refractivity contribution in [1.82, 2.24) is 30.1 Å². The fraction of sp³-hybridized carbons (Fsp3) is 0.400. The van der Waals surface area contributed by atoms with E-state index in [0.717, 1.165) is 48.0 Å². The number of rotatable bonds is 4. The predicted molar refractivity (Wildman–Crippen MR) is 101 cm³/mol. The minimum Gasteiger partial charge on any atom is -0.361 e. The summed E-state index contributed by atoms with van der Waals surface area (Å²) in [4.78, 5) is 7.97. The highest BCUT2D eigenvalue weighted by atomic mass is 16.5. The van der Waals surface area contributed by atoms with Crippen LogP contribution in [-0.2, 0) is 19.4 Å². The molecule has 7 heteroatoms. The molecule has 0 spiro atoms. The van der Waals surface area contributed by atoms with E-state index < -0.39 is 0 Å². The Morgan fingerprint density at radius 1 is 1.30 bits per heavy atom. The molecule has 0 saturated carbocycles. The van der Waals surface area contributed by atoms with Crippen LogP contribution in [-0.4, -0.2) is 30.1 Å². The van der Waals surface area contributed by atoms with Crippen LogP contribution in [0.5, 0.6) is 0 Å². The summed E-state index contributed by atoms with van der Waals surface area (Å²) in [5, 5.41) is 14.1. The third-order valence-corrected chi connectivity index (χ3v) is 5.25. The van der Waals surface area contributed by atoms with Crippen LogP contribution in [0.15, 0.2) is 35.0 Å². The molecule has 1 unspecified atom stereocenters. The van der Waals surface area contributed by atoms with Gasteiger partial charge < -0.3 is 9.51 Å². The van der Waals surface area contributed by atoms with Crippen molar-refractivity contribution in [2.24, 2.45) is 5.92 Å². The first-order chi connectivity index (χ1) is 13.2. The van der Waals surface area contributed by atoms with Gasteiger partial charge in [0.1, 0.15) is 0 Å². The standard InChI is InChI=1S/C20H22N6O/c1-12(2)11-26-18-10-13(6-7-17(18)23-25-26)20-22-19(24-27-20)15-4-3-5-16-14(15)8-9-21-16/h3-5,8-9,12-13,21H,6-7,10-11H2,1-2H3. The average Bonchev–Trinajstić information content (AvgIpc) is 3.40. The Hall–Kier alpha value is -2.96. The number of nitrogens with zero attached hydrogens (tertiary/aromatic N) is 5. The highest BCUT2D eigenvalue weighted by molar-refractivity contribution is 5.93. The number of benzene rings is 1. The van der Waals surface area contributed by atoms with E-state index in [1.54, 1.807) is 0 Å². The van der Waals surface area contributed by atoms with Gasteiger partial charge in [-0.2, -0.15) is 4.98 Å². The molecule has 1 aliphatic carbocycles. The van der Waals surface area contributed by atoms with Gasteiger partial charge in [0.2, 0.25) is 11.7 Å². The molecule has 1 aromatic carbocycles. The van der Waals surface area contributed by atoms with E-state index in [0.29, 0.717) is 17.6 Å². The maximum Gasteiger partial charge on any atom is 0.230 e. The minimum absolute atomic E-state index is 0.216. The monoisotopic (exact) mass is 362 g/mol. The summed E-state index contributed by atoms with van der Waals surface area (Å²) < 4.78 is 7.72. The van der Waals surface area contributed by atoms with E-state index >= 15 is 0 Å². The molecule has 3 heterocycles. The smallest absolute Gasteiger partial charge is 0.230 e. The van der Waals surface area contributed by atoms with Crippen LogP contribution in [0.4, 0.5) is 0 Å². The third-order valence-electron chi connectivity index (χ3n) is 5.25. The number of H-pyrrole nitrogens is 1. The van der Waals surface area contributed by atoms with E-state index in [4.69, 9.17) is 9.51 Å². The molecule has 0 bridgehead atoms. The van der Waals surface area contributed by atoms with Gasteiger partial charge in [-0.3, -0.25) is 0 Å². The lowest BCUT2D eigenvalue weighted by molar-refractivity contribution is 0.336. The first kappa shape index (κ1) is 16.2. The van der Waals surface area contributed by atoms with E-state index in [1.165, 1.54) is 5.69 Å². The van der Waals surface area contributed by atoms with Crippen LogP contribution in [0, 0.1) is 5.92 Å². The van der Waals surface area contributed by atoms with E-state index in [2.05, 4.69) is 34.3 Å². The molecule has 0 saturated heterocycles. The molecule has 3 aromatic heterocycles. The molecule has 138 valence electrons. The topological polar surface area (TPSA) is 85.4 Å². The predicted octanol–water partition coefficient (Wildman–Crippen LogP) is 3.74. The average molecular weight is 362 g/mol. The number of aromatic nitrogens is 6. The summed E-state index contributed by atoms with van der Waals surface area (Å²) in [5.74, 6) is 2.11. The molecule has 1 atom stereocenters. The van der Waals surface area contributed by atoms with Crippen molar-refractivity contribution < 1.29 is 4.52 Å². The zero-order valence-electron chi connectivity index (χ0n) is 15.5. The molecule has 0 radical (unpaired) electrons. The van der Waals surface area contributed by atoms with Gasteiger partial charge in [-0.1, -0.05) is 36.4 Å². The van der Waals surface area contributed by atoms with Gasteiger partial charge in [0, 0.05) is 41.5 Å². The molecule has 4 aromatic rings. The summed E-state index contributed by atoms with van der Waals surface area (Å²) in [7, 11) is 0. The van der Waals surface area contributed by atoms with E-state index in [9.17, 15) is 0 Å². The summed E-state index contributed by atoms with van der Waals surface area (Å²) in [6.45, 7) is 5.28. The maximum atomic E-state index is 5.68. The first-order valence-corrected chi connectivity index (χ1v) is 9.50. The second kappa shape index (κ2) is 6.33. The van der Waals surface area contributed by atoms with Crippen molar-refractivity contribution in [3.8, 4) is 11.4 Å². The SMILES string of the molecule is CC(C)Cn1nnc2c1CC(c1nc(-c3cccc4[nH]ccc34)no1)CC2. The van der Waals surface area contributed by atoms with Crippen molar-refractivity contribution >= 4 is 10.9 Å². The molecule has 1 aliphatic rings. The highest BCUT2D eigenvalue weighted by Crippen LogP contribution is 2.33. The minimum atomic E-state index is 0.216. The van der Waals surface area contributed by atoms with Crippen LogP contribution >= 0.6 is 0 Å². The summed E-state index contributed by atoms with van der Waals surface area (Å²) in [5.41, 5.74) is 4.40. The maximum absolute atomic E-state index is 5.68. The molecule has 27 heavy (non-hydrogen) atoms. The molecule has 0 fully saturated rings. The summed E-state index contributed by atoms with van der Waals surface area (Å²) in [6.07, 6.45) is 4.65. The second-order valence-electron chi connectivity index (χ2n) is 7.70. The highest BCUT2D eigenvalue weighted by Gasteiger charge is 2.29. The molecule has 7 nitrogen and oxygen atoms in total. The molecular formula is C20H22N6O. The second-order valence-corrected chi connectivity index (χ2v) is 7.70. The van der Waals surface area contributed by atoms with Gasteiger partial charge >= 0.3 is 0 Å². The lowest BCUT2D eigenvalue weighted by atomic mass is 9.89. The Morgan fingerprint density at radius 2 is 2.22 bits per heavy atom. The van der Waals surface area contributed by atoms with Crippen LogP contribution < -0.4 is 0 Å². The lowest BCUT2D eigenvalue weighted by Crippen LogP contribution is -2.18. The van der Waals surface area contributed by atoms with Gasteiger partial charge in [-0.25, -0.2) is 4.68 Å². The van der Waals surface area contributed by atoms with Gasteiger partial charge in [0.15, 0.2) is 0 Å². The molecule has 5 rings (SSSR count). The Labute approximate surface area is 156 Å². The van der Waals surface area contributed by atoms with Gasteiger partial charge in [-0.05, 0) is 30.9 Å². The summed E-state index contributed by atoms with van der Waals surface area (Å²) in [6, 6.07) is 8.13. The zero-order valence-corrected chi connectivity index (χ0v) is 15.5. The van der Waals surface area contributed by atoms with Gasteiger partial charge in [-0.15, -0.1) is 5.10 Å². The van der Waals surface area contributed by atoms with E-state index in [1.807, 2.05) is 35.1 Å². The van der Waals surface area contributed by atoms with Gasteiger partial charge in [0.05, 0.1) is 11.4 Å². The molecule has 0 aliphatic heterocycles. The fourth-order valence-electron chi connectivity index (χ4n) is 3.93. The largest absolute Gasteiger partial charge is 0.361 e. The quantitative estimate of drug-likeness (QED) is 0.598. The van der Waals surface area contributed by atoms with Crippen molar-refractivity contribution in [1.29, 1.82) is 0 Å². The number of hydrogen-bond donors (Lipinski definition) is 1. The molecule has 1 N–H and O–H groups in total. The van der Waals surface area contributed by atoms with Crippen LogP contribution in [0.3, 0.4) is 0 Å². The normalized spacial score (nSPS) is 16.9. The number of aromatic amines is 1. The number of aryl methyl sites for hydroxylation is 1. The van der Waals surface area contributed by atoms with Crippen molar-refractivity contribution in [2.45, 2.75) is 45.6 Å². The summed E-state index contributed by atoms with van der Waals surface area (Å²) >= 11 is 0. The number of fused-ring (bicyclic) bond motifs is 2. The molecule has 0 amide bonds. The van der Waals surface area contributed by atoms with Crippen LogP contribution in [0.2, 0.25) is 0 Å². The first-order valence-electron chi connectivity index (χ1n) is 9.50. The van der Waals surface area contributed by atoms with Crippen molar-refractivity contribution in [2.75, 3.05) is 0 Å².